The van der Waals surface area contributed by atoms with Crippen molar-refractivity contribution in [2.75, 3.05) is 11.9 Å². The van der Waals surface area contributed by atoms with E-state index in [0.29, 0.717) is 30.4 Å². The van der Waals surface area contributed by atoms with Gasteiger partial charge in [-0.2, -0.15) is 0 Å². The number of amides is 1. The van der Waals surface area contributed by atoms with Crippen LogP contribution in [0.1, 0.15) is 33.6 Å². The van der Waals surface area contributed by atoms with Gasteiger partial charge in [-0.05, 0) is 30.9 Å². The Morgan fingerprint density at radius 1 is 1.37 bits per heavy atom. The molecule has 1 rings (SSSR count). The van der Waals surface area contributed by atoms with Gasteiger partial charge in [0.2, 0.25) is 5.91 Å². The number of hydrogen-bond donors (Lipinski definition) is 2. The lowest BCUT2D eigenvalue weighted by atomic mass is 10.0. The van der Waals surface area contributed by atoms with Gasteiger partial charge in [-0.3, -0.25) is 4.79 Å². The lowest BCUT2D eigenvalue weighted by molar-refractivity contribution is -0.117. The zero-order chi connectivity index (χ0) is 14.3. The van der Waals surface area contributed by atoms with E-state index in [1.807, 2.05) is 45.0 Å². The summed E-state index contributed by atoms with van der Waals surface area (Å²) in [5.74, 6) is 0.919. The SMILES string of the molecule is CCCOc1ccccc1NC(=O)[C@@H](N)CC(C)C. The van der Waals surface area contributed by atoms with Crippen LogP contribution in [-0.4, -0.2) is 18.6 Å². The molecule has 0 aliphatic heterocycles. The van der Waals surface area contributed by atoms with Gasteiger partial charge in [-0.1, -0.05) is 32.9 Å². The maximum Gasteiger partial charge on any atom is 0.241 e. The first-order valence-electron chi connectivity index (χ1n) is 6.82. The van der Waals surface area contributed by atoms with E-state index >= 15 is 0 Å². The van der Waals surface area contributed by atoms with E-state index in [1.165, 1.54) is 0 Å². The summed E-state index contributed by atoms with van der Waals surface area (Å²) < 4.78 is 5.59. The minimum atomic E-state index is -0.487. The molecule has 1 amide bonds. The smallest absolute Gasteiger partial charge is 0.241 e. The predicted octanol–water partition coefficient (Wildman–Crippen LogP) is 2.79. The molecule has 0 heterocycles. The Hall–Kier alpha value is -1.55. The first kappa shape index (κ1) is 15.5. The van der Waals surface area contributed by atoms with Gasteiger partial charge >= 0.3 is 0 Å². The maximum atomic E-state index is 12.0. The van der Waals surface area contributed by atoms with Gasteiger partial charge in [-0.25, -0.2) is 0 Å². The van der Waals surface area contributed by atoms with Gasteiger partial charge in [0, 0.05) is 0 Å². The molecule has 0 aliphatic rings. The Labute approximate surface area is 115 Å². The third-order valence-electron chi connectivity index (χ3n) is 2.67. The van der Waals surface area contributed by atoms with Crippen LogP contribution < -0.4 is 15.8 Å². The number of para-hydroxylation sites is 2. The molecular weight excluding hydrogens is 240 g/mol. The van der Waals surface area contributed by atoms with Crippen molar-refractivity contribution in [1.29, 1.82) is 0 Å². The molecule has 1 aromatic rings. The van der Waals surface area contributed by atoms with Crippen LogP contribution in [0.25, 0.3) is 0 Å². The van der Waals surface area contributed by atoms with Crippen LogP contribution in [0.5, 0.6) is 5.75 Å². The molecule has 0 radical (unpaired) electrons. The average molecular weight is 264 g/mol. The van der Waals surface area contributed by atoms with Crippen molar-refractivity contribution in [3.05, 3.63) is 24.3 Å². The summed E-state index contributed by atoms with van der Waals surface area (Å²) in [6.45, 7) is 6.77. The highest BCUT2D eigenvalue weighted by atomic mass is 16.5. The van der Waals surface area contributed by atoms with Gasteiger partial charge < -0.3 is 15.8 Å². The molecule has 0 aromatic heterocycles. The minimum absolute atomic E-state index is 0.166. The molecule has 0 fully saturated rings. The van der Waals surface area contributed by atoms with Crippen molar-refractivity contribution in [1.82, 2.24) is 0 Å². The number of ether oxygens (including phenoxy) is 1. The Kier molecular flexibility index (Phi) is 6.36. The van der Waals surface area contributed by atoms with Crippen molar-refractivity contribution in [2.45, 2.75) is 39.7 Å². The topological polar surface area (TPSA) is 64.3 Å². The summed E-state index contributed by atoms with van der Waals surface area (Å²) in [5, 5.41) is 2.84. The fraction of sp³-hybridized carbons (Fsp3) is 0.533. The molecule has 4 heteroatoms. The molecule has 1 aromatic carbocycles. The fourth-order valence-electron chi connectivity index (χ4n) is 1.75. The normalized spacial score (nSPS) is 12.3. The molecule has 1 atom stereocenters. The molecule has 3 N–H and O–H groups in total. The van der Waals surface area contributed by atoms with Crippen molar-refractivity contribution in [3.8, 4) is 5.75 Å². The number of anilines is 1. The second-order valence-corrected chi connectivity index (χ2v) is 5.07. The van der Waals surface area contributed by atoms with Crippen LogP contribution in [0.2, 0.25) is 0 Å². The average Bonchev–Trinajstić information content (AvgIpc) is 2.36. The Balaban J connectivity index is 2.67. The van der Waals surface area contributed by atoms with Crippen molar-refractivity contribution in [2.24, 2.45) is 11.7 Å². The summed E-state index contributed by atoms with van der Waals surface area (Å²) in [5.41, 5.74) is 6.54. The summed E-state index contributed by atoms with van der Waals surface area (Å²) in [4.78, 5) is 12.0. The Bertz CT molecular complexity index is 405. The minimum Gasteiger partial charge on any atom is -0.491 e. The molecule has 0 saturated carbocycles. The van der Waals surface area contributed by atoms with E-state index < -0.39 is 6.04 Å². The van der Waals surface area contributed by atoms with Crippen LogP contribution in [0.15, 0.2) is 24.3 Å². The fourth-order valence-corrected chi connectivity index (χ4v) is 1.75. The van der Waals surface area contributed by atoms with E-state index in [1.54, 1.807) is 0 Å². The molecule has 106 valence electrons. The lowest BCUT2D eigenvalue weighted by Gasteiger charge is -2.16. The lowest BCUT2D eigenvalue weighted by Crippen LogP contribution is -2.36. The number of hydrogen-bond acceptors (Lipinski definition) is 3. The molecule has 0 bridgehead atoms. The third kappa shape index (κ3) is 5.30. The van der Waals surface area contributed by atoms with Gasteiger partial charge in [0.05, 0.1) is 18.3 Å². The van der Waals surface area contributed by atoms with Crippen LogP contribution in [-0.2, 0) is 4.79 Å². The summed E-state index contributed by atoms with van der Waals surface area (Å²) in [6, 6.07) is 6.93. The Morgan fingerprint density at radius 2 is 2.05 bits per heavy atom. The predicted molar refractivity (Wildman–Crippen MR) is 78.3 cm³/mol. The number of rotatable bonds is 7. The molecule has 4 nitrogen and oxygen atoms in total. The number of nitrogens with two attached hydrogens (primary N) is 1. The quantitative estimate of drug-likeness (QED) is 0.796. The van der Waals surface area contributed by atoms with Crippen molar-refractivity contribution in [3.63, 3.8) is 0 Å². The maximum absolute atomic E-state index is 12.0. The molecular formula is C15H24N2O2. The highest BCUT2D eigenvalue weighted by Crippen LogP contribution is 2.24. The summed E-state index contributed by atoms with van der Waals surface area (Å²) in [7, 11) is 0. The molecule has 0 spiro atoms. The molecule has 0 aliphatic carbocycles. The first-order chi connectivity index (χ1) is 9.04. The van der Waals surface area contributed by atoms with E-state index in [0.717, 1.165) is 6.42 Å². The number of carbonyl (C=O) groups excluding carboxylic acids is 1. The first-order valence-corrected chi connectivity index (χ1v) is 6.82. The molecule has 0 saturated heterocycles. The zero-order valence-corrected chi connectivity index (χ0v) is 12.0. The second-order valence-electron chi connectivity index (χ2n) is 5.07. The standard InChI is InChI=1S/C15H24N2O2/c1-4-9-19-14-8-6-5-7-13(14)17-15(18)12(16)10-11(2)3/h5-8,11-12H,4,9-10,16H2,1-3H3,(H,17,18)/t12-/m0/s1. The van der Waals surface area contributed by atoms with Crippen molar-refractivity contribution >= 4 is 11.6 Å². The number of nitrogens with one attached hydrogen (secondary N) is 1. The third-order valence-corrected chi connectivity index (χ3v) is 2.67. The zero-order valence-electron chi connectivity index (χ0n) is 12.0. The van der Waals surface area contributed by atoms with Gasteiger partial charge in [0.1, 0.15) is 5.75 Å². The highest BCUT2D eigenvalue weighted by molar-refractivity contribution is 5.95. The molecule has 19 heavy (non-hydrogen) atoms. The van der Waals surface area contributed by atoms with Gasteiger partial charge in [0.25, 0.3) is 0 Å². The van der Waals surface area contributed by atoms with E-state index in [9.17, 15) is 4.79 Å². The second kappa shape index (κ2) is 7.79. The largest absolute Gasteiger partial charge is 0.491 e. The van der Waals surface area contributed by atoms with Crippen molar-refractivity contribution < 1.29 is 9.53 Å². The van der Waals surface area contributed by atoms with Gasteiger partial charge in [0.15, 0.2) is 0 Å². The van der Waals surface area contributed by atoms with E-state index in [2.05, 4.69) is 5.32 Å². The van der Waals surface area contributed by atoms with Gasteiger partial charge in [-0.15, -0.1) is 0 Å². The monoisotopic (exact) mass is 264 g/mol. The van der Waals surface area contributed by atoms with Crippen LogP contribution in [0.3, 0.4) is 0 Å². The van der Waals surface area contributed by atoms with E-state index in [4.69, 9.17) is 10.5 Å². The van der Waals surface area contributed by atoms with E-state index in [-0.39, 0.29) is 5.91 Å². The summed E-state index contributed by atoms with van der Waals surface area (Å²) >= 11 is 0. The van der Waals surface area contributed by atoms with Crippen LogP contribution in [0.4, 0.5) is 5.69 Å². The van der Waals surface area contributed by atoms with Crippen LogP contribution in [0, 0.1) is 5.92 Å². The number of carbonyl (C=O) groups is 1. The highest BCUT2D eigenvalue weighted by Gasteiger charge is 2.16. The van der Waals surface area contributed by atoms with Crippen LogP contribution >= 0.6 is 0 Å². The molecule has 0 unspecified atom stereocenters. The summed E-state index contributed by atoms with van der Waals surface area (Å²) in [6.07, 6.45) is 1.60. The number of benzene rings is 1. The Morgan fingerprint density at radius 3 is 2.68 bits per heavy atom.